The number of rotatable bonds is 6. The maximum absolute atomic E-state index is 14.6. The summed E-state index contributed by atoms with van der Waals surface area (Å²) in [6.07, 6.45) is 11.0. The molecule has 2 amide bonds. The van der Waals surface area contributed by atoms with Crippen LogP contribution in [0.2, 0.25) is 5.02 Å². The average molecular weight is 571 g/mol. The molecule has 40 heavy (non-hydrogen) atoms. The second-order valence-electron chi connectivity index (χ2n) is 11.7. The number of carbonyl (C=O) groups excluding carboxylic acids is 3. The maximum Gasteiger partial charge on any atom is 0.313 e. The standard InChI is InChI=1S/C31H39ClN2O6/c1-4-30-14-7-5-6-8-17-39-29(38)25(30)24-27(36)34(23(19-35)18-20(2)3)26-28(37)33(16-9-15-31(24,26)40-30)22-12-10-21(32)11-13-22/h7,9-15,20,23-26,35H,4-6,8,16-19H2,1-3H3/b14-7-/t23-,24+,25+,26?,30-,31+/m1/s1. The van der Waals surface area contributed by atoms with Crippen LogP contribution in [0.4, 0.5) is 5.69 Å². The largest absolute Gasteiger partial charge is 0.465 e. The second-order valence-corrected chi connectivity index (χ2v) is 12.2. The number of aliphatic hydroxyl groups is 1. The minimum atomic E-state index is -1.40. The summed E-state index contributed by atoms with van der Waals surface area (Å²) in [4.78, 5) is 46.1. The number of hydrogen-bond donors (Lipinski definition) is 1. The molecule has 1 aromatic rings. The molecule has 4 aliphatic rings. The number of esters is 1. The van der Waals surface area contributed by atoms with E-state index in [9.17, 15) is 19.5 Å². The first-order valence-electron chi connectivity index (χ1n) is 14.4. The predicted molar refractivity (Wildman–Crippen MR) is 152 cm³/mol. The molecule has 1 aromatic carbocycles. The van der Waals surface area contributed by atoms with Crippen LogP contribution in [0.5, 0.6) is 0 Å². The summed E-state index contributed by atoms with van der Waals surface area (Å²) in [7, 11) is 0. The lowest BCUT2D eigenvalue weighted by molar-refractivity contribution is -0.161. The van der Waals surface area contributed by atoms with E-state index in [1.807, 2.05) is 45.1 Å². The molecule has 0 bridgehead atoms. The van der Waals surface area contributed by atoms with Gasteiger partial charge < -0.3 is 24.4 Å². The van der Waals surface area contributed by atoms with Crippen molar-refractivity contribution < 1.29 is 29.0 Å². The fourth-order valence-electron chi connectivity index (χ4n) is 7.04. The van der Waals surface area contributed by atoms with E-state index in [-0.39, 0.29) is 37.5 Å². The van der Waals surface area contributed by atoms with Crippen molar-refractivity contribution >= 4 is 35.1 Å². The molecule has 4 heterocycles. The monoisotopic (exact) mass is 570 g/mol. The zero-order valence-electron chi connectivity index (χ0n) is 23.4. The summed E-state index contributed by atoms with van der Waals surface area (Å²) >= 11 is 6.13. The van der Waals surface area contributed by atoms with Crippen molar-refractivity contribution in [2.45, 2.75) is 76.2 Å². The van der Waals surface area contributed by atoms with Crippen LogP contribution < -0.4 is 4.90 Å². The number of cyclic esters (lactones) is 1. The smallest absolute Gasteiger partial charge is 0.313 e. The minimum absolute atomic E-state index is 0.155. The number of hydrogen-bond acceptors (Lipinski definition) is 6. The lowest BCUT2D eigenvalue weighted by Gasteiger charge is -2.41. The molecule has 0 radical (unpaired) electrons. The number of aliphatic hydroxyl groups excluding tert-OH is 1. The zero-order chi connectivity index (χ0) is 28.7. The number of anilines is 1. The Labute approximate surface area is 240 Å². The molecular formula is C31H39ClN2O6. The van der Waals surface area contributed by atoms with E-state index in [0.29, 0.717) is 23.6 Å². The first kappa shape index (κ1) is 28.8. The van der Waals surface area contributed by atoms with Gasteiger partial charge in [0.1, 0.15) is 23.2 Å². The van der Waals surface area contributed by atoms with Crippen molar-refractivity contribution in [1.29, 1.82) is 0 Å². The molecule has 2 fully saturated rings. The summed E-state index contributed by atoms with van der Waals surface area (Å²) in [6.45, 7) is 6.18. The van der Waals surface area contributed by atoms with Gasteiger partial charge in [-0.2, -0.15) is 0 Å². The summed E-state index contributed by atoms with van der Waals surface area (Å²) < 4.78 is 12.7. The van der Waals surface area contributed by atoms with E-state index in [2.05, 4.69) is 0 Å². The Morgan fingerprint density at radius 2 is 1.80 bits per heavy atom. The molecule has 1 unspecified atom stereocenters. The van der Waals surface area contributed by atoms with Crippen molar-refractivity contribution in [1.82, 2.24) is 4.90 Å². The first-order chi connectivity index (χ1) is 19.2. The van der Waals surface area contributed by atoms with E-state index in [1.54, 1.807) is 29.2 Å². The van der Waals surface area contributed by atoms with Crippen LogP contribution in [-0.2, 0) is 23.9 Å². The lowest BCUT2D eigenvalue weighted by atomic mass is 9.73. The van der Waals surface area contributed by atoms with Gasteiger partial charge in [0.2, 0.25) is 5.91 Å². The van der Waals surface area contributed by atoms with Crippen LogP contribution in [0.15, 0.2) is 48.6 Å². The molecule has 0 saturated carbocycles. The Kier molecular flexibility index (Phi) is 8.15. The Morgan fingerprint density at radius 1 is 1.05 bits per heavy atom. The molecule has 1 N–H and O–H groups in total. The minimum Gasteiger partial charge on any atom is -0.465 e. The van der Waals surface area contributed by atoms with Gasteiger partial charge in [-0.05, 0) is 62.3 Å². The Hall–Kier alpha value is -2.68. The van der Waals surface area contributed by atoms with Gasteiger partial charge >= 0.3 is 5.97 Å². The summed E-state index contributed by atoms with van der Waals surface area (Å²) in [5, 5.41) is 11.1. The van der Waals surface area contributed by atoms with Gasteiger partial charge in [-0.15, -0.1) is 0 Å². The lowest BCUT2D eigenvalue weighted by Crippen LogP contribution is -2.59. The van der Waals surface area contributed by atoms with Gasteiger partial charge in [0.25, 0.3) is 5.91 Å². The number of ether oxygens (including phenoxy) is 2. The number of likely N-dealkylation sites (tertiary alicyclic amines) is 1. The second kappa shape index (κ2) is 11.3. The highest BCUT2D eigenvalue weighted by Gasteiger charge is 2.75. The molecule has 216 valence electrons. The number of benzene rings is 1. The fourth-order valence-corrected chi connectivity index (χ4v) is 7.17. The molecule has 4 aliphatic heterocycles. The molecule has 0 aromatic heterocycles. The van der Waals surface area contributed by atoms with Crippen LogP contribution >= 0.6 is 11.6 Å². The van der Waals surface area contributed by atoms with Crippen LogP contribution in [0.25, 0.3) is 0 Å². The van der Waals surface area contributed by atoms with Crippen LogP contribution in [-0.4, -0.2) is 70.8 Å². The van der Waals surface area contributed by atoms with Crippen LogP contribution in [0.1, 0.15) is 52.9 Å². The average Bonchev–Trinajstić information content (AvgIpc) is 3.29. The molecule has 8 nitrogen and oxygen atoms in total. The molecule has 5 rings (SSSR count). The topological polar surface area (TPSA) is 96.4 Å². The number of allylic oxidation sites excluding steroid dienone is 1. The molecule has 2 saturated heterocycles. The Morgan fingerprint density at radius 3 is 2.48 bits per heavy atom. The maximum atomic E-state index is 14.6. The molecule has 0 aliphatic carbocycles. The Bertz CT molecular complexity index is 1200. The van der Waals surface area contributed by atoms with Crippen molar-refractivity contribution in [2.75, 3.05) is 24.7 Å². The van der Waals surface area contributed by atoms with Gasteiger partial charge in [-0.1, -0.05) is 56.7 Å². The van der Waals surface area contributed by atoms with Gasteiger partial charge in [-0.3, -0.25) is 14.4 Å². The number of halogens is 1. The van der Waals surface area contributed by atoms with Crippen molar-refractivity contribution in [2.24, 2.45) is 17.8 Å². The number of amides is 2. The highest BCUT2D eigenvalue weighted by Crippen LogP contribution is 2.58. The third-order valence-corrected chi connectivity index (χ3v) is 9.06. The Balaban J connectivity index is 1.69. The molecule has 9 heteroatoms. The van der Waals surface area contributed by atoms with Crippen molar-refractivity contribution in [3.8, 4) is 0 Å². The van der Waals surface area contributed by atoms with Crippen molar-refractivity contribution in [3.63, 3.8) is 0 Å². The predicted octanol–water partition coefficient (Wildman–Crippen LogP) is 4.29. The van der Waals surface area contributed by atoms with E-state index >= 15 is 0 Å². The van der Waals surface area contributed by atoms with Crippen LogP contribution in [0, 0.1) is 17.8 Å². The van der Waals surface area contributed by atoms with Crippen molar-refractivity contribution in [3.05, 3.63) is 53.6 Å². The van der Waals surface area contributed by atoms with Gasteiger partial charge in [-0.25, -0.2) is 0 Å². The summed E-state index contributed by atoms with van der Waals surface area (Å²) in [6, 6.07) is 5.29. The van der Waals surface area contributed by atoms with Gasteiger partial charge in [0.05, 0.1) is 25.2 Å². The third kappa shape index (κ3) is 4.68. The normalized spacial score (nSPS) is 33.8. The van der Waals surface area contributed by atoms with E-state index < -0.39 is 41.1 Å². The fraction of sp³-hybridized carbons (Fsp3) is 0.581. The zero-order valence-corrected chi connectivity index (χ0v) is 24.2. The van der Waals surface area contributed by atoms with Crippen LogP contribution in [0.3, 0.4) is 0 Å². The number of carbonyl (C=O) groups is 3. The molecule has 6 atom stereocenters. The van der Waals surface area contributed by atoms with E-state index in [1.165, 1.54) is 4.90 Å². The first-order valence-corrected chi connectivity index (χ1v) is 14.8. The molecular weight excluding hydrogens is 532 g/mol. The molecule has 1 spiro atoms. The highest BCUT2D eigenvalue weighted by atomic mass is 35.5. The quantitative estimate of drug-likeness (QED) is 0.405. The van der Waals surface area contributed by atoms with Gasteiger partial charge in [0.15, 0.2) is 0 Å². The number of fused-ring (bicyclic) bond motifs is 2. The van der Waals surface area contributed by atoms with Gasteiger partial charge in [0, 0.05) is 17.3 Å². The number of nitrogens with zero attached hydrogens (tertiary/aromatic N) is 2. The summed E-state index contributed by atoms with van der Waals surface area (Å²) in [5.41, 5.74) is -1.87. The SMILES string of the molecule is CC[C@@]12/C=C\CCCCOC(=O)[C@@H]1[C@H]1C(=O)N([C@@H](CO)CC(C)C)C3C(=O)N(c4ccc(Cl)cc4)CC=C[C@@]31O2. The highest BCUT2D eigenvalue weighted by molar-refractivity contribution is 6.30. The van der Waals surface area contributed by atoms with E-state index in [4.69, 9.17) is 21.1 Å². The van der Waals surface area contributed by atoms with E-state index in [0.717, 1.165) is 19.3 Å². The summed E-state index contributed by atoms with van der Waals surface area (Å²) in [5.74, 6) is -2.90. The third-order valence-electron chi connectivity index (χ3n) is 8.81.